The van der Waals surface area contributed by atoms with Crippen LogP contribution in [-0.4, -0.2) is 24.8 Å². The molecule has 0 radical (unpaired) electrons. The topological polar surface area (TPSA) is 22.4 Å². The van der Waals surface area contributed by atoms with Gasteiger partial charge in [-0.05, 0) is 116 Å². The first-order valence-corrected chi connectivity index (χ1v) is 30.0. The summed E-state index contributed by atoms with van der Waals surface area (Å²) in [6.07, 6.45) is 0. The number of rotatable bonds is 4. The first-order chi connectivity index (χ1) is 51.4. The maximum Gasteiger partial charge on any atom is 0.252 e. The van der Waals surface area contributed by atoms with Gasteiger partial charge >= 0.3 is 0 Å². The van der Waals surface area contributed by atoms with Crippen LogP contribution in [0.15, 0.2) is 303 Å². The molecule has 0 spiro atoms. The van der Waals surface area contributed by atoms with E-state index in [1.807, 2.05) is 72.8 Å². The van der Waals surface area contributed by atoms with Gasteiger partial charge in [0.1, 0.15) is 0 Å². The Bertz CT molecular complexity index is 7290. The lowest BCUT2D eigenvalue weighted by atomic mass is 9.33. The zero-order valence-electron chi connectivity index (χ0n) is 63.4. The highest BCUT2D eigenvalue weighted by atomic mass is 15.2. The molecule has 6 heteroatoms. The summed E-state index contributed by atoms with van der Waals surface area (Å²) in [7, 11) is 0. The Balaban J connectivity index is 0.985. The molecular weight excluding hydrogens is 1090 g/mol. The van der Waals surface area contributed by atoms with Gasteiger partial charge in [-0.2, -0.15) is 0 Å². The number of para-hydroxylation sites is 8. The fourth-order valence-corrected chi connectivity index (χ4v) is 15.7. The summed E-state index contributed by atoms with van der Waals surface area (Å²) in [5.41, 5.74) is 12.5. The van der Waals surface area contributed by atoms with E-state index in [1.54, 1.807) is 9.13 Å². The Labute approximate surface area is 539 Å². The lowest BCUT2D eigenvalue weighted by Gasteiger charge is -2.41. The molecule has 0 saturated carbocycles. The summed E-state index contributed by atoms with van der Waals surface area (Å²) in [5, 5.41) is 9.36. The van der Waals surface area contributed by atoms with Gasteiger partial charge in [-0.3, -0.25) is 0 Å². The molecule has 414 valence electrons. The second kappa shape index (κ2) is 17.9. The molecule has 14 aromatic carbocycles. The van der Waals surface area contributed by atoms with Crippen molar-refractivity contribution in [2.75, 3.05) is 4.90 Å². The second-order valence-corrected chi connectivity index (χ2v) is 23.4. The first kappa shape index (κ1) is 35.7. The molecule has 19 aromatic rings. The van der Waals surface area contributed by atoms with Gasteiger partial charge in [-0.1, -0.05) is 230 Å². The summed E-state index contributed by atoms with van der Waals surface area (Å²) in [4.78, 5) is 2.33. The summed E-state index contributed by atoms with van der Waals surface area (Å²) < 4.78 is 156. The molecule has 0 bridgehead atoms. The molecule has 0 unspecified atom stereocenters. The summed E-state index contributed by atoms with van der Waals surface area (Å²) in [5.74, 6) is 0. The zero-order valence-corrected chi connectivity index (χ0v) is 47.4. The Morgan fingerprint density at radius 2 is 0.800 bits per heavy atom. The summed E-state index contributed by atoms with van der Waals surface area (Å²) >= 11 is 0. The van der Waals surface area contributed by atoms with Crippen molar-refractivity contribution in [1.82, 2.24) is 18.1 Å². The molecule has 0 amide bonds. The van der Waals surface area contributed by atoms with Gasteiger partial charge in [0.2, 0.25) is 0 Å². The van der Waals surface area contributed by atoms with E-state index >= 15 is 0 Å². The smallest absolute Gasteiger partial charge is 0.252 e. The lowest BCUT2D eigenvalue weighted by molar-refractivity contribution is 1.16. The van der Waals surface area contributed by atoms with Crippen LogP contribution in [-0.2, 0) is 0 Å². The average molecular weight is 1160 g/mol. The summed E-state index contributed by atoms with van der Waals surface area (Å²) in [6.45, 7) is -0.601. The fourth-order valence-electron chi connectivity index (χ4n) is 15.7. The monoisotopic (exact) mass is 1160 g/mol. The van der Waals surface area contributed by atoms with E-state index in [9.17, 15) is 13.7 Å². The van der Waals surface area contributed by atoms with Crippen LogP contribution in [0.1, 0.15) is 21.9 Å². The molecule has 0 N–H and O–H groups in total. The van der Waals surface area contributed by atoms with Crippen LogP contribution in [0.5, 0.6) is 0 Å². The Kier molecular flexibility index (Phi) is 7.09. The van der Waals surface area contributed by atoms with E-state index in [0.29, 0.717) is 17.1 Å². The minimum absolute atomic E-state index is 0.000383. The lowest BCUT2D eigenvalue weighted by Crippen LogP contribution is -2.60. The number of hydrogen-bond acceptors (Lipinski definition) is 1. The van der Waals surface area contributed by atoms with E-state index in [-0.39, 0.29) is 43.6 Å². The van der Waals surface area contributed by atoms with Crippen LogP contribution in [0.3, 0.4) is 0 Å². The van der Waals surface area contributed by atoms with Crippen molar-refractivity contribution in [2.24, 2.45) is 0 Å². The van der Waals surface area contributed by atoms with Crippen molar-refractivity contribution in [2.45, 2.75) is 0 Å². The quantitative estimate of drug-likeness (QED) is 0.161. The number of hydrogen-bond donors (Lipinski definition) is 0. The SMILES string of the molecule is [2H]c1c([2H])c([2H])c2c(c1[2H])c1c([2H])c([2H])c([2H])c([2H])c1n2-c1ccc2c(c1)N(c1ccccc1-c1ccccc1)c1c3c(cc4c1c1cccc5c6ccccc6c6ccccc6c6ccccc6n4c51)-n1c4ccc(-n5c6c([2H])c([2H])c([2H])c([2H])c6c6c([2H])c([2H])c([2H])c([2H])c65)cc4c4cccc(c41)B23. The number of nitrogens with zero attached hydrogens (tertiary/aromatic N) is 5. The van der Waals surface area contributed by atoms with Crippen LogP contribution in [0.25, 0.3) is 153 Å². The van der Waals surface area contributed by atoms with Gasteiger partial charge < -0.3 is 23.0 Å². The molecule has 0 fully saturated rings. The van der Waals surface area contributed by atoms with Gasteiger partial charge in [-0.15, -0.1) is 0 Å². The highest BCUT2D eigenvalue weighted by Crippen LogP contribution is 2.52. The minimum atomic E-state index is -0.601. The molecular formula is C84H50BN5. The highest BCUT2D eigenvalue weighted by Gasteiger charge is 2.44. The van der Waals surface area contributed by atoms with E-state index in [2.05, 4.69) is 147 Å². The largest absolute Gasteiger partial charge is 0.310 e. The molecule has 2 aliphatic heterocycles. The predicted molar refractivity (Wildman–Crippen MR) is 382 cm³/mol. The third-order valence-electron chi connectivity index (χ3n) is 19.2. The van der Waals surface area contributed by atoms with Crippen LogP contribution < -0.4 is 21.3 Å². The van der Waals surface area contributed by atoms with Crippen molar-refractivity contribution < 1.29 is 21.9 Å². The van der Waals surface area contributed by atoms with E-state index < -0.39 is 103 Å². The zero-order chi connectivity index (χ0) is 72.4. The molecule has 0 aliphatic carbocycles. The van der Waals surface area contributed by atoms with Gasteiger partial charge in [0, 0.05) is 87.7 Å². The minimum Gasteiger partial charge on any atom is -0.310 e. The average Bonchev–Trinajstić information content (AvgIpc) is 1.43. The molecule has 90 heavy (non-hydrogen) atoms. The van der Waals surface area contributed by atoms with Crippen molar-refractivity contribution >= 4 is 165 Å². The van der Waals surface area contributed by atoms with Gasteiger partial charge in [0.05, 0.1) is 77.4 Å². The Morgan fingerprint density at radius 1 is 0.289 bits per heavy atom. The number of aromatic nitrogens is 4. The molecule has 0 atom stereocenters. The van der Waals surface area contributed by atoms with Crippen molar-refractivity contribution in [3.8, 4) is 28.2 Å². The van der Waals surface area contributed by atoms with Crippen molar-refractivity contribution in [3.05, 3.63) is 303 Å². The third kappa shape index (κ3) is 6.26. The molecule has 2 aliphatic rings. The van der Waals surface area contributed by atoms with Gasteiger partial charge in [-0.25, -0.2) is 0 Å². The van der Waals surface area contributed by atoms with Crippen LogP contribution in [0.4, 0.5) is 17.1 Å². The van der Waals surface area contributed by atoms with Crippen LogP contribution in [0, 0.1) is 0 Å². The number of benzene rings is 14. The highest BCUT2D eigenvalue weighted by molar-refractivity contribution is 7.00. The van der Waals surface area contributed by atoms with E-state index in [0.717, 1.165) is 126 Å². The van der Waals surface area contributed by atoms with Crippen LogP contribution >= 0.6 is 0 Å². The van der Waals surface area contributed by atoms with Crippen LogP contribution in [0.2, 0.25) is 0 Å². The van der Waals surface area contributed by atoms with Crippen molar-refractivity contribution in [3.63, 3.8) is 0 Å². The standard InChI is InChI=1S/C84H50BN5/c1-2-22-51(23-3-1)54-24-8-14-38-70(54)88-77-49-53(87-73-41-17-12-32-62(73)63-33-13-18-42-74(63)87)44-46-68(77)85-69-37-21-35-65-67-48-52(86-71-39-15-10-30-60(71)61-31-11-16-40-72(61)86)45-47-76(67)90(83(65)69)79-50-78-80(84(88)81(79)85)66-36-20-34-64-58-28-7-5-26-56(58)55-25-4-6-27-57(55)59-29-9-19-43-75(59)89(78)82(64)66/h1-50H/i10D,11D,12D,13D,15D,16D,17D,18D,30D,31D,32D,33D,39D,40D,41D,42D. The van der Waals surface area contributed by atoms with E-state index in [1.165, 1.54) is 0 Å². The first-order valence-electron chi connectivity index (χ1n) is 38.0. The summed E-state index contributed by atoms with van der Waals surface area (Å²) in [6, 6.07) is 63.1. The van der Waals surface area contributed by atoms with Gasteiger partial charge in [0.25, 0.3) is 6.71 Å². The molecule has 7 heterocycles. The maximum absolute atomic E-state index is 9.73. The van der Waals surface area contributed by atoms with Gasteiger partial charge in [0.15, 0.2) is 0 Å². The number of fused-ring (bicyclic) bond motifs is 24. The molecule has 21 rings (SSSR count). The normalized spacial score (nSPS) is 15.3. The Morgan fingerprint density at radius 3 is 1.47 bits per heavy atom. The molecule has 0 saturated heterocycles. The predicted octanol–water partition coefficient (Wildman–Crippen LogP) is 19.8. The fraction of sp³-hybridized carbons (Fsp3) is 0. The number of anilines is 3. The Hall–Kier alpha value is -11.9. The van der Waals surface area contributed by atoms with E-state index in [4.69, 9.17) is 8.22 Å². The molecule has 5 aromatic heterocycles. The van der Waals surface area contributed by atoms with Crippen molar-refractivity contribution in [1.29, 1.82) is 0 Å². The third-order valence-corrected chi connectivity index (χ3v) is 19.2. The molecule has 5 nitrogen and oxygen atoms in total. The second-order valence-electron chi connectivity index (χ2n) is 23.4. The maximum atomic E-state index is 9.73.